The first-order chi connectivity index (χ1) is 12.9. The van der Waals surface area contributed by atoms with Crippen LogP contribution >= 0.6 is 0 Å². The molecule has 0 saturated heterocycles. The minimum Gasteiger partial charge on any atom is -0.382 e. The molecule has 0 heterocycles. The highest BCUT2D eigenvalue weighted by Crippen LogP contribution is 2.23. The maximum atomic E-state index is 4.36. The predicted octanol–water partition coefficient (Wildman–Crippen LogP) is 7.02. The normalized spacial score (nSPS) is 13.9. The highest BCUT2D eigenvalue weighted by molar-refractivity contribution is 5.15. The Hall–Kier alpha value is -1.28. The lowest BCUT2D eigenvalue weighted by molar-refractivity contribution is 0.446. The van der Waals surface area contributed by atoms with Crippen LogP contribution in [-0.4, -0.2) is 18.1 Å². The molecular weight excluding hydrogens is 340 g/mol. The van der Waals surface area contributed by atoms with Crippen molar-refractivity contribution in [1.29, 1.82) is 0 Å². The molecule has 0 fully saturated rings. The van der Waals surface area contributed by atoms with Crippen LogP contribution in [0.15, 0.2) is 48.7 Å². The Kier molecular flexibility index (Phi) is 12.4. The molecule has 2 nitrogen and oxygen atoms in total. The third-order valence-corrected chi connectivity index (χ3v) is 5.60. The Morgan fingerprint density at radius 1 is 0.643 bits per heavy atom. The average molecular weight is 389 g/mol. The first-order valence-electron chi connectivity index (χ1n) is 11.1. The summed E-state index contributed by atoms with van der Waals surface area (Å²) in [5, 5.41) is 7.34. The van der Waals surface area contributed by atoms with E-state index in [0.717, 1.165) is 31.4 Å². The fourth-order valence-corrected chi connectivity index (χ4v) is 3.19. The van der Waals surface area contributed by atoms with E-state index in [1.807, 2.05) is 0 Å². The molecule has 0 amide bonds. The van der Waals surface area contributed by atoms with Crippen molar-refractivity contribution >= 4 is 0 Å². The molecule has 0 aliphatic rings. The molecule has 28 heavy (non-hydrogen) atoms. The van der Waals surface area contributed by atoms with Gasteiger partial charge in [-0.3, -0.25) is 0 Å². The monoisotopic (exact) mass is 388 g/mol. The fourth-order valence-electron chi connectivity index (χ4n) is 3.19. The van der Waals surface area contributed by atoms with Gasteiger partial charge in [-0.2, -0.15) is 0 Å². The zero-order valence-corrected chi connectivity index (χ0v) is 20.1. The fraction of sp³-hybridized carbons (Fsp3) is 0.692. The molecule has 2 heteroatoms. The van der Waals surface area contributed by atoms with E-state index in [0.29, 0.717) is 29.8 Å². The predicted molar refractivity (Wildman–Crippen MR) is 129 cm³/mol. The molecule has 2 atom stereocenters. The number of nitrogens with one attached hydrogen (secondary N) is 2. The van der Waals surface area contributed by atoms with Crippen LogP contribution in [0.4, 0.5) is 0 Å². The molecule has 0 aliphatic carbocycles. The summed E-state index contributed by atoms with van der Waals surface area (Å²) in [5.41, 5.74) is 4.93. The zero-order valence-electron chi connectivity index (χ0n) is 20.1. The lowest BCUT2D eigenvalue weighted by Gasteiger charge is -2.29. The van der Waals surface area contributed by atoms with Crippen molar-refractivity contribution in [2.24, 2.45) is 17.8 Å². The Bertz CT molecular complexity index is 523. The van der Waals surface area contributed by atoms with Gasteiger partial charge in [-0.25, -0.2) is 0 Å². The third-order valence-electron chi connectivity index (χ3n) is 5.60. The smallest absolute Gasteiger partial charge is 0.0473 e. The molecule has 0 radical (unpaired) electrons. The summed E-state index contributed by atoms with van der Waals surface area (Å²) in [6, 6.07) is 1.02. The van der Waals surface area contributed by atoms with Crippen LogP contribution in [0.5, 0.6) is 0 Å². The molecule has 0 spiro atoms. The van der Waals surface area contributed by atoms with Gasteiger partial charge in [-0.15, -0.1) is 0 Å². The summed E-state index contributed by atoms with van der Waals surface area (Å²) in [7, 11) is 0. The second kappa shape index (κ2) is 13.0. The molecule has 0 aliphatic heterocycles. The molecule has 0 saturated carbocycles. The van der Waals surface area contributed by atoms with Crippen molar-refractivity contribution in [3.8, 4) is 0 Å². The van der Waals surface area contributed by atoms with Crippen molar-refractivity contribution in [3.05, 3.63) is 48.7 Å². The van der Waals surface area contributed by atoms with Gasteiger partial charge in [-0.1, -0.05) is 98.4 Å². The highest BCUT2D eigenvalue weighted by atomic mass is 15.0. The van der Waals surface area contributed by atoms with Gasteiger partial charge in [0.1, 0.15) is 0 Å². The largest absolute Gasteiger partial charge is 0.382 e. The summed E-state index contributed by atoms with van der Waals surface area (Å²) < 4.78 is 0. The highest BCUT2D eigenvalue weighted by Gasteiger charge is 2.19. The van der Waals surface area contributed by atoms with Crippen LogP contribution in [0.2, 0.25) is 0 Å². The van der Waals surface area contributed by atoms with Gasteiger partial charge in [0.15, 0.2) is 0 Å². The Labute approximate surface area is 176 Å². The molecule has 0 aromatic heterocycles. The molecule has 0 bridgehead atoms. The molecule has 0 aromatic carbocycles. The maximum absolute atomic E-state index is 4.36. The average Bonchev–Trinajstić information content (AvgIpc) is 2.59. The van der Waals surface area contributed by atoms with Crippen LogP contribution in [0.1, 0.15) is 81.1 Å². The van der Waals surface area contributed by atoms with Crippen molar-refractivity contribution in [1.82, 2.24) is 10.6 Å². The minimum absolute atomic E-state index is 0.257. The van der Waals surface area contributed by atoms with E-state index in [1.165, 1.54) is 16.7 Å². The number of rotatable bonds is 15. The van der Waals surface area contributed by atoms with Crippen LogP contribution in [0.25, 0.3) is 0 Å². The SMILES string of the molecule is C=C(CCC(NC(C)C)C(=C)C(C)C)NC(CCC(=C)C(C)C)C(=C)C(C)C. The van der Waals surface area contributed by atoms with E-state index in [2.05, 4.69) is 92.3 Å². The van der Waals surface area contributed by atoms with E-state index in [1.54, 1.807) is 0 Å². The summed E-state index contributed by atoms with van der Waals surface area (Å²) >= 11 is 0. The Balaban J connectivity index is 4.93. The van der Waals surface area contributed by atoms with E-state index in [4.69, 9.17) is 0 Å². The summed E-state index contributed by atoms with van der Waals surface area (Å²) in [4.78, 5) is 0. The van der Waals surface area contributed by atoms with Crippen molar-refractivity contribution < 1.29 is 0 Å². The molecule has 162 valence electrons. The van der Waals surface area contributed by atoms with E-state index < -0.39 is 0 Å². The van der Waals surface area contributed by atoms with Crippen molar-refractivity contribution in [2.45, 2.75) is 99.2 Å². The summed E-state index contributed by atoms with van der Waals surface area (Å²) in [5.74, 6) is 1.46. The summed E-state index contributed by atoms with van der Waals surface area (Å²) in [6.45, 7) is 34.9. The van der Waals surface area contributed by atoms with Gasteiger partial charge in [0.2, 0.25) is 0 Å². The van der Waals surface area contributed by atoms with Crippen LogP contribution < -0.4 is 10.6 Å². The van der Waals surface area contributed by atoms with Crippen LogP contribution in [0, 0.1) is 17.8 Å². The summed E-state index contributed by atoms with van der Waals surface area (Å²) in [6.07, 6.45) is 4.00. The van der Waals surface area contributed by atoms with E-state index >= 15 is 0 Å². The third kappa shape index (κ3) is 10.3. The number of hydrogen-bond acceptors (Lipinski definition) is 2. The second-order valence-corrected chi connectivity index (χ2v) is 9.52. The van der Waals surface area contributed by atoms with Crippen molar-refractivity contribution in [2.75, 3.05) is 0 Å². The molecule has 0 rings (SSSR count). The van der Waals surface area contributed by atoms with Gasteiger partial charge < -0.3 is 10.6 Å². The lowest BCUT2D eigenvalue weighted by Crippen LogP contribution is -2.38. The van der Waals surface area contributed by atoms with Gasteiger partial charge in [-0.05, 0) is 43.4 Å². The standard InChI is InChI=1S/C26H48N2/c1-17(2)21(9)13-15-26(24(12)19(5)6)28-22(10)14-16-25(27-20(7)8)23(11)18(3)4/h17-20,25-28H,9-16H2,1-8H3. The number of allylic oxidation sites excluding steroid dienone is 2. The zero-order chi connectivity index (χ0) is 22.0. The number of hydrogen-bond donors (Lipinski definition) is 2. The molecule has 2 N–H and O–H groups in total. The van der Waals surface area contributed by atoms with Gasteiger partial charge >= 0.3 is 0 Å². The molecular formula is C26H48N2. The van der Waals surface area contributed by atoms with Gasteiger partial charge in [0, 0.05) is 23.8 Å². The van der Waals surface area contributed by atoms with Gasteiger partial charge in [0.05, 0.1) is 0 Å². The Morgan fingerprint density at radius 3 is 1.54 bits per heavy atom. The van der Waals surface area contributed by atoms with E-state index in [-0.39, 0.29) is 6.04 Å². The minimum atomic E-state index is 0.257. The van der Waals surface area contributed by atoms with E-state index in [9.17, 15) is 0 Å². The van der Waals surface area contributed by atoms with Gasteiger partial charge in [0.25, 0.3) is 0 Å². The van der Waals surface area contributed by atoms with Crippen LogP contribution in [0.3, 0.4) is 0 Å². The van der Waals surface area contributed by atoms with Crippen molar-refractivity contribution in [3.63, 3.8) is 0 Å². The quantitative estimate of drug-likeness (QED) is 0.294. The topological polar surface area (TPSA) is 24.1 Å². The van der Waals surface area contributed by atoms with Crippen LogP contribution in [-0.2, 0) is 0 Å². The maximum Gasteiger partial charge on any atom is 0.0473 e. The first kappa shape index (κ1) is 26.7. The molecule has 0 aromatic rings. The lowest BCUT2D eigenvalue weighted by atomic mass is 9.90. The molecule has 2 unspecified atom stereocenters. The Morgan fingerprint density at radius 2 is 1.11 bits per heavy atom. The first-order valence-corrected chi connectivity index (χ1v) is 11.1. The second-order valence-electron chi connectivity index (χ2n) is 9.52.